The van der Waals surface area contributed by atoms with Crippen LogP contribution >= 0.6 is 0 Å². The van der Waals surface area contributed by atoms with Crippen molar-refractivity contribution in [2.75, 3.05) is 6.54 Å². The molecule has 0 bridgehead atoms. The highest BCUT2D eigenvalue weighted by atomic mass is 32.2. The summed E-state index contributed by atoms with van der Waals surface area (Å²) in [6.45, 7) is -0.152. The zero-order valence-electron chi connectivity index (χ0n) is 14.7. The minimum Gasteiger partial charge on any atom is -0.326 e. The van der Waals surface area contributed by atoms with Crippen molar-refractivity contribution in [3.8, 4) is 11.1 Å². The lowest BCUT2D eigenvalue weighted by molar-refractivity contribution is -0.111. The first-order valence-corrected chi connectivity index (χ1v) is 10.00. The number of hydrogen-bond donors (Lipinski definition) is 1. The van der Waals surface area contributed by atoms with Crippen molar-refractivity contribution in [2.24, 2.45) is 5.73 Å². The summed E-state index contributed by atoms with van der Waals surface area (Å²) in [5, 5.41) is 0. The third kappa shape index (κ3) is 2.72. The Morgan fingerprint density at radius 1 is 0.857 bits per heavy atom. The minimum atomic E-state index is -3.97. The molecule has 0 unspecified atom stereocenters. The van der Waals surface area contributed by atoms with E-state index >= 15 is 0 Å². The molecule has 28 heavy (non-hydrogen) atoms. The van der Waals surface area contributed by atoms with E-state index in [9.17, 15) is 18.0 Å². The summed E-state index contributed by atoms with van der Waals surface area (Å²) in [5.41, 5.74) is 6.94. The number of Topliss-reactive ketones (excluding diaryl/α,β-unsaturated/α-hetero) is 2. The Bertz CT molecular complexity index is 1220. The van der Waals surface area contributed by atoms with Gasteiger partial charge in [0.15, 0.2) is 0 Å². The van der Waals surface area contributed by atoms with E-state index in [2.05, 4.69) is 0 Å². The van der Waals surface area contributed by atoms with Crippen LogP contribution in [0.3, 0.4) is 0 Å². The molecule has 0 fully saturated rings. The van der Waals surface area contributed by atoms with Crippen LogP contribution in [0.1, 0.15) is 16.1 Å². The fraction of sp³-hybridized carbons (Fsp3) is 0.0476. The van der Waals surface area contributed by atoms with Crippen molar-refractivity contribution in [3.05, 3.63) is 83.7 Å². The van der Waals surface area contributed by atoms with E-state index in [4.69, 9.17) is 5.73 Å². The number of benzene rings is 2. The molecule has 0 spiro atoms. The quantitative estimate of drug-likeness (QED) is 0.688. The van der Waals surface area contributed by atoms with Gasteiger partial charge in [-0.1, -0.05) is 48.5 Å². The molecule has 0 atom stereocenters. The molecular formula is C21H16N2O4S. The van der Waals surface area contributed by atoms with Crippen LogP contribution in [-0.2, 0) is 14.8 Å². The van der Waals surface area contributed by atoms with Crippen molar-refractivity contribution in [2.45, 2.75) is 4.90 Å². The zero-order chi connectivity index (χ0) is 19.9. The van der Waals surface area contributed by atoms with E-state index < -0.39 is 21.6 Å². The molecule has 0 amide bonds. The summed E-state index contributed by atoms with van der Waals surface area (Å²) in [4.78, 5) is 25.3. The maximum absolute atomic E-state index is 13.2. The van der Waals surface area contributed by atoms with Gasteiger partial charge in [-0.3, -0.25) is 9.59 Å². The van der Waals surface area contributed by atoms with Crippen LogP contribution in [0.15, 0.2) is 77.3 Å². The van der Waals surface area contributed by atoms with Gasteiger partial charge < -0.3 is 5.73 Å². The number of fused-ring (bicyclic) bond motifs is 1. The number of ketones is 2. The highest BCUT2D eigenvalue weighted by Crippen LogP contribution is 2.35. The molecule has 2 N–H and O–H groups in total. The molecular weight excluding hydrogens is 376 g/mol. The average molecular weight is 392 g/mol. The van der Waals surface area contributed by atoms with Crippen molar-refractivity contribution in [3.63, 3.8) is 0 Å². The molecule has 6 nitrogen and oxygen atoms in total. The summed E-state index contributed by atoms with van der Waals surface area (Å²) in [7, 11) is -3.97. The third-order valence-corrected chi connectivity index (χ3v) is 6.34. The lowest BCUT2D eigenvalue weighted by Gasteiger charge is -2.14. The van der Waals surface area contributed by atoms with Gasteiger partial charge in [0.2, 0.25) is 11.6 Å². The van der Waals surface area contributed by atoms with Gasteiger partial charge in [0.05, 0.1) is 16.2 Å². The second-order valence-electron chi connectivity index (χ2n) is 6.31. The molecule has 0 radical (unpaired) electrons. The first-order chi connectivity index (χ1) is 13.4. The molecule has 7 heteroatoms. The number of nitrogens with two attached hydrogens (primary N) is 1. The van der Waals surface area contributed by atoms with Gasteiger partial charge in [0, 0.05) is 23.9 Å². The SMILES string of the molecule is NCC1=Cc2c(c(-c3ccccc3)cn2S(=O)(=O)c2ccccc2)C(=O)C1=O. The van der Waals surface area contributed by atoms with Gasteiger partial charge in [-0.2, -0.15) is 0 Å². The van der Waals surface area contributed by atoms with Crippen LogP contribution in [0.5, 0.6) is 0 Å². The van der Waals surface area contributed by atoms with E-state index in [1.165, 1.54) is 24.4 Å². The van der Waals surface area contributed by atoms with Crippen molar-refractivity contribution >= 4 is 27.7 Å². The second kappa shape index (κ2) is 6.70. The Kier molecular flexibility index (Phi) is 4.33. The van der Waals surface area contributed by atoms with Gasteiger partial charge in [0.25, 0.3) is 10.0 Å². The van der Waals surface area contributed by atoms with Crippen molar-refractivity contribution in [1.29, 1.82) is 0 Å². The fourth-order valence-electron chi connectivity index (χ4n) is 3.26. The molecule has 1 aliphatic rings. The molecule has 1 heterocycles. The highest BCUT2D eigenvalue weighted by molar-refractivity contribution is 7.90. The Labute approximate surface area is 162 Å². The van der Waals surface area contributed by atoms with E-state index in [0.29, 0.717) is 11.1 Å². The number of hydrogen-bond acceptors (Lipinski definition) is 5. The summed E-state index contributed by atoms with van der Waals surface area (Å²) in [6, 6.07) is 16.8. The number of nitrogens with zero attached hydrogens (tertiary/aromatic N) is 1. The molecule has 3 aromatic rings. The van der Waals surface area contributed by atoms with E-state index in [0.717, 1.165) is 3.97 Å². The lowest BCUT2D eigenvalue weighted by Crippen LogP contribution is -2.27. The maximum atomic E-state index is 13.2. The molecule has 4 rings (SSSR count). The molecule has 0 aliphatic heterocycles. The molecule has 1 aliphatic carbocycles. The number of aromatic nitrogens is 1. The van der Waals surface area contributed by atoms with E-state index in [1.54, 1.807) is 42.5 Å². The highest BCUT2D eigenvalue weighted by Gasteiger charge is 2.35. The van der Waals surface area contributed by atoms with Gasteiger partial charge in [-0.05, 0) is 23.8 Å². The summed E-state index contributed by atoms with van der Waals surface area (Å²) >= 11 is 0. The Balaban J connectivity index is 2.06. The van der Waals surface area contributed by atoms with Crippen LogP contribution in [0.4, 0.5) is 0 Å². The number of carbonyl (C=O) groups is 2. The van der Waals surface area contributed by atoms with E-state index in [-0.39, 0.29) is 28.3 Å². The van der Waals surface area contributed by atoms with E-state index in [1.807, 2.05) is 6.07 Å². The minimum absolute atomic E-state index is 0.0768. The molecule has 2 aromatic carbocycles. The molecule has 140 valence electrons. The average Bonchev–Trinajstić information content (AvgIpc) is 3.12. The van der Waals surface area contributed by atoms with Gasteiger partial charge in [0.1, 0.15) is 0 Å². The Morgan fingerprint density at radius 3 is 2.07 bits per heavy atom. The predicted octanol–water partition coefficient (Wildman–Crippen LogP) is 2.50. The first kappa shape index (κ1) is 18.1. The smallest absolute Gasteiger partial charge is 0.268 e. The van der Waals surface area contributed by atoms with Crippen LogP contribution in [-0.4, -0.2) is 30.5 Å². The van der Waals surface area contributed by atoms with Crippen LogP contribution < -0.4 is 5.73 Å². The summed E-state index contributed by atoms with van der Waals surface area (Å²) < 4.78 is 27.5. The normalized spacial score (nSPS) is 14.0. The monoisotopic (exact) mass is 392 g/mol. The van der Waals surface area contributed by atoms with Crippen molar-refractivity contribution < 1.29 is 18.0 Å². The largest absolute Gasteiger partial charge is 0.326 e. The number of carbonyl (C=O) groups excluding carboxylic acids is 2. The molecule has 0 saturated carbocycles. The Hall–Kier alpha value is -3.29. The molecule has 1 aromatic heterocycles. The van der Waals surface area contributed by atoms with Gasteiger partial charge >= 0.3 is 0 Å². The Morgan fingerprint density at radius 2 is 1.46 bits per heavy atom. The van der Waals surface area contributed by atoms with Gasteiger partial charge in [-0.25, -0.2) is 12.4 Å². The topological polar surface area (TPSA) is 99.2 Å². The van der Waals surface area contributed by atoms with Crippen LogP contribution in [0.25, 0.3) is 17.2 Å². The first-order valence-electron chi connectivity index (χ1n) is 8.56. The lowest BCUT2D eigenvalue weighted by atomic mass is 9.90. The van der Waals surface area contributed by atoms with Crippen molar-refractivity contribution in [1.82, 2.24) is 3.97 Å². The zero-order valence-corrected chi connectivity index (χ0v) is 15.5. The van der Waals surface area contributed by atoms with Gasteiger partial charge in [-0.15, -0.1) is 0 Å². The van der Waals surface area contributed by atoms with Crippen LogP contribution in [0.2, 0.25) is 0 Å². The predicted molar refractivity (Wildman–Crippen MR) is 105 cm³/mol. The summed E-state index contributed by atoms with van der Waals surface area (Å²) in [6.07, 6.45) is 2.79. The maximum Gasteiger partial charge on any atom is 0.268 e. The number of rotatable bonds is 4. The fourth-order valence-corrected chi connectivity index (χ4v) is 4.63. The van der Waals surface area contributed by atoms with Crippen LogP contribution in [0, 0.1) is 0 Å². The second-order valence-corrected chi connectivity index (χ2v) is 8.13. The summed E-state index contributed by atoms with van der Waals surface area (Å²) in [5.74, 6) is -1.46. The molecule has 0 saturated heterocycles. The third-order valence-electron chi connectivity index (χ3n) is 4.65. The standard InChI is InChI=1S/C21H16N2O4S/c22-12-15-11-18-19(21(25)20(15)24)17(14-7-3-1-4-8-14)13-23(18)28(26,27)16-9-5-2-6-10-16/h1-11,13H,12,22H2.